The number of carbonyl (C=O) groups is 1. The van der Waals surface area contributed by atoms with E-state index in [0.717, 1.165) is 29.8 Å². The molecule has 1 aliphatic heterocycles. The lowest BCUT2D eigenvalue weighted by molar-refractivity contribution is -0.176. The summed E-state index contributed by atoms with van der Waals surface area (Å²) in [5.41, 5.74) is 3.63. The van der Waals surface area contributed by atoms with Gasteiger partial charge in [0.25, 0.3) is 0 Å². The van der Waals surface area contributed by atoms with Gasteiger partial charge in [-0.2, -0.15) is 13.2 Å². The number of nitrogens with one attached hydrogen (secondary N) is 2. The second kappa shape index (κ2) is 12.8. The van der Waals surface area contributed by atoms with Gasteiger partial charge in [0.1, 0.15) is 6.61 Å². The Labute approximate surface area is 208 Å². The van der Waals surface area contributed by atoms with Crippen molar-refractivity contribution in [2.24, 2.45) is 4.99 Å². The fraction of sp³-hybridized carbons (Fsp3) is 0.391. The topological polar surface area (TPSA) is 66.0 Å². The average Bonchev–Trinajstić information content (AvgIpc) is 3.20. The van der Waals surface area contributed by atoms with E-state index in [0.29, 0.717) is 31.0 Å². The Balaban J connectivity index is 0.00000385. The number of aliphatic imine (C=N–C) groups is 1. The largest absolute Gasteiger partial charge is 0.411 e. The van der Waals surface area contributed by atoms with Crippen LogP contribution < -0.4 is 15.5 Å². The minimum atomic E-state index is -4.32. The first kappa shape index (κ1) is 26.9. The van der Waals surface area contributed by atoms with E-state index in [9.17, 15) is 18.0 Å². The molecular weight excluding hydrogens is 548 g/mol. The molecule has 33 heavy (non-hydrogen) atoms. The van der Waals surface area contributed by atoms with Gasteiger partial charge >= 0.3 is 6.18 Å². The average molecular weight is 576 g/mol. The van der Waals surface area contributed by atoms with Crippen LogP contribution in [0.15, 0.2) is 53.5 Å². The Hall–Kier alpha value is -2.34. The van der Waals surface area contributed by atoms with Gasteiger partial charge in [-0.05, 0) is 35.2 Å². The van der Waals surface area contributed by atoms with Crippen LogP contribution >= 0.6 is 24.0 Å². The molecular formula is C23H28F3IN4O2. The van der Waals surface area contributed by atoms with Gasteiger partial charge in [0.05, 0.1) is 6.61 Å². The minimum absolute atomic E-state index is 0. The smallest absolute Gasteiger partial charge is 0.367 e. The Morgan fingerprint density at radius 3 is 2.03 bits per heavy atom. The maximum absolute atomic E-state index is 12.1. The third-order valence-electron chi connectivity index (χ3n) is 5.02. The monoisotopic (exact) mass is 576 g/mol. The number of hydrogen-bond acceptors (Lipinski definition) is 3. The number of halogens is 4. The zero-order valence-corrected chi connectivity index (χ0v) is 20.7. The van der Waals surface area contributed by atoms with Crippen LogP contribution in [0.5, 0.6) is 0 Å². The fourth-order valence-corrected chi connectivity index (χ4v) is 3.35. The summed E-state index contributed by atoms with van der Waals surface area (Å²) >= 11 is 0. The van der Waals surface area contributed by atoms with Gasteiger partial charge in [-0.1, -0.05) is 36.4 Å². The molecule has 180 valence electrons. The molecule has 1 saturated heterocycles. The molecule has 0 aromatic heterocycles. The Morgan fingerprint density at radius 2 is 1.55 bits per heavy atom. The Bertz CT molecular complexity index is 919. The summed E-state index contributed by atoms with van der Waals surface area (Å²) in [6, 6.07) is 15.1. The summed E-state index contributed by atoms with van der Waals surface area (Å²) in [5, 5.41) is 6.45. The minimum Gasteiger partial charge on any atom is -0.367 e. The number of anilines is 1. The highest BCUT2D eigenvalue weighted by Crippen LogP contribution is 2.21. The molecule has 0 aliphatic carbocycles. The number of ether oxygens (including phenoxy) is 1. The summed E-state index contributed by atoms with van der Waals surface area (Å²) in [4.78, 5) is 17.9. The van der Waals surface area contributed by atoms with Crippen LogP contribution in [0.4, 0.5) is 18.9 Å². The van der Waals surface area contributed by atoms with Crippen molar-refractivity contribution in [3.05, 3.63) is 65.2 Å². The summed E-state index contributed by atoms with van der Waals surface area (Å²) in [6.45, 7) is 0.524. The molecule has 1 heterocycles. The van der Waals surface area contributed by atoms with E-state index in [1.165, 1.54) is 0 Å². The van der Waals surface area contributed by atoms with Crippen molar-refractivity contribution in [3.63, 3.8) is 0 Å². The standard InChI is InChI=1S/C23H27F3N4O2.HI/c1-27-22(28-13-17-4-6-19(7-5-17)15-32-16-23(24,25)26)29-14-18-8-10-20(11-9-18)30-12-2-3-21(30)31;/h4-11H,2-3,12-16H2,1H3,(H2,27,28,29);1H. The van der Waals surface area contributed by atoms with Crippen molar-refractivity contribution in [2.75, 3.05) is 25.1 Å². The summed E-state index contributed by atoms with van der Waals surface area (Å²) in [7, 11) is 1.68. The van der Waals surface area contributed by atoms with E-state index in [4.69, 9.17) is 0 Å². The van der Waals surface area contributed by atoms with Crippen LogP contribution in [0.25, 0.3) is 0 Å². The molecule has 0 spiro atoms. The van der Waals surface area contributed by atoms with Crippen molar-refractivity contribution >= 4 is 41.5 Å². The van der Waals surface area contributed by atoms with Gasteiger partial charge < -0.3 is 20.3 Å². The first-order chi connectivity index (χ1) is 15.3. The van der Waals surface area contributed by atoms with Crippen LogP contribution in [0, 0.1) is 0 Å². The molecule has 1 fully saturated rings. The number of nitrogens with zero attached hydrogens (tertiary/aromatic N) is 2. The molecule has 3 rings (SSSR count). The number of amides is 1. The summed E-state index contributed by atoms with van der Waals surface area (Å²) < 4.78 is 41.1. The van der Waals surface area contributed by atoms with Gasteiger partial charge in [0, 0.05) is 38.8 Å². The van der Waals surface area contributed by atoms with Gasteiger partial charge in [-0.3, -0.25) is 9.79 Å². The van der Waals surface area contributed by atoms with E-state index in [1.54, 1.807) is 19.2 Å². The van der Waals surface area contributed by atoms with E-state index in [-0.39, 0.29) is 36.5 Å². The van der Waals surface area contributed by atoms with Gasteiger partial charge in [-0.25, -0.2) is 0 Å². The highest BCUT2D eigenvalue weighted by Gasteiger charge is 2.27. The molecule has 6 nitrogen and oxygen atoms in total. The first-order valence-corrected chi connectivity index (χ1v) is 10.4. The lowest BCUT2D eigenvalue weighted by Crippen LogP contribution is -2.36. The Morgan fingerprint density at radius 1 is 1.00 bits per heavy atom. The van der Waals surface area contributed by atoms with Crippen molar-refractivity contribution in [1.82, 2.24) is 10.6 Å². The Kier molecular flexibility index (Phi) is 10.4. The van der Waals surface area contributed by atoms with Crippen molar-refractivity contribution in [1.29, 1.82) is 0 Å². The van der Waals surface area contributed by atoms with Crippen LogP contribution in [0.1, 0.15) is 29.5 Å². The maximum Gasteiger partial charge on any atom is 0.411 e. The lowest BCUT2D eigenvalue weighted by atomic mass is 10.1. The second-order valence-electron chi connectivity index (χ2n) is 7.52. The lowest BCUT2D eigenvalue weighted by Gasteiger charge is -2.16. The second-order valence-corrected chi connectivity index (χ2v) is 7.52. The number of carbonyl (C=O) groups excluding carboxylic acids is 1. The van der Waals surface area contributed by atoms with Crippen molar-refractivity contribution in [3.8, 4) is 0 Å². The van der Waals surface area contributed by atoms with E-state index in [1.807, 2.05) is 41.3 Å². The molecule has 0 bridgehead atoms. The third kappa shape index (κ3) is 8.84. The SMILES string of the molecule is CN=C(NCc1ccc(COCC(F)(F)F)cc1)NCc1ccc(N2CCCC2=O)cc1.I. The summed E-state index contributed by atoms with van der Waals surface area (Å²) in [5.74, 6) is 0.795. The van der Waals surface area contributed by atoms with E-state index < -0.39 is 12.8 Å². The number of benzene rings is 2. The molecule has 1 aliphatic rings. The molecule has 2 aromatic rings. The molecule has 0 radical (unpaired) electrons. The zero-order valence-electron chi connectivity index (χ0n) is 18.3. The van der Waals surface area contributed by atoms with Crippen LogP contribution in [0.3, 0.4) is 0 Å². The van der Waals surface area contributed by atoms with Crippen molar-refractivity contribution in [2.45, 2.75) is 38.7 Å². The van der Waals surface area contributed by atoms with Crippen LogP contribution in [0.2, 0.25) is 0 Å². The predicted octanol–water partition coefficient (Wildman–Crippen LogP) is 4.38. The predicted molar refractivity (Wildman–Crippen MR) is 133 cm³/mol. The molecule has 2 N–H and O–H groups in total. The molecule has 0 saturated carbocycles. The van der Waals surface area contributed by atoms with Crippen molar-refractivity contribution < 1.29 is 22.7 Å². The first-order valence-electron chi connectivity index (χ1n) is 10.4. The van der Waals surface area contributed by atoms with Gasteiger partial charge in [0.15, 0.2) is 5.96 Å². The van der Waals surface area contributed by atoms with Crippen LogP contribution in [-0.4, -0.2) is 38.2 Å². The zero-order chi connectivity index (χ0) is 23.0. The van der Waals surface area contributed by atoms with Gasteiger partial charge in [-0.15, -0.1) is 24.0 Å². The number of rotatable bonds is 8. The molecule has 10 heteroatoms. The number of hydrogen-bond donors (Lipinski definition) is 2. The molecule has 0 atom stereocenters. The molecule has 1 amide bonds. The maximum atomic E-state index is 12.1. The quantitative estimate of drug-likeness (QED) is 0.278. The van der Waals surface area contributed by atoms with E-state index in [2.05, 4.69) is 20.4 Å². The normalized spacial score (nSPS) is 14.2. The summed E-state index contributed by atoms with van der Waals surface area (Å²) in [6.07, 6.45) is -2.81. The van der Waals surface area contributed by atoms with E-state index >= 15 is 0 Å². The highest BCUT2D eigenvalue weighted by molar-refractivity contribution is 14.0. The number of alkyl halides is 3. The molecule has 2 aromatic carbocycles. The molecule has 0 unspecified atom stereocenters. The fourth-order valence-electron chi connectivity index (χ4n) is 3.35. The van der Waals surface area contributed by atoms with Crippen LogP contribution in [-0.2, 0) is 29.2 Å². The highest BCUT2D eigenvalue weighted by atomic mass is 127. The number of guanidine groups is 1. The third-order valence-corrected chi connectivity index (χ3v) is 5.02. The van der Waals surface area contributed by atoms with Gasteiger partial charge in [0.2, 0.25) is 5.91 Å².